The lowest BCUT2D eigenvalue weighted by molar-refractivity contribution is -0.140. The lowest BCUT2D eigenvalue weighted by Crippen LogP contribution is -2.01. The summed E-state index contributed by atoms with van der Waals surface area (Å²) >= 11 is 0. The molecule has 3 heteroatoms. The van der Waals surface area contributed by atoms with E-state index in [1.54, 1.807) is 0 Å². The van der Waals surface area contributed by atoms with Crippen molar-refractivity contribution in [3.63, 3.8) is 0 Å². The minimum atomic E-state index is -0.188. The van der Waals surface area contributed by atoms with Crippen LogP contribution >= 0.6 is 0 Å². The van der Waals surface area contributed by atoms with Crippen molar-refractivity contribution < 1.29 is 14.3 Å². The molecular formula is C18H20O3. The standard InChI is InChI=1S/C18H20O3/c1-3-14-5-4-6-17(13-14)21-16-10-7-15(8-11-16)9-12-18(19)20-2/h4-8,10-11,13H,3,9,12H2,1-2H3. The second-order valence-corrected chi connectivity index (χ2v) is 4.82. The van der Waals surface area contributed by atoms with E-state index in [2.05, 4.69) is 17.7 Å². The number of esters is 1. The summed E-state index contributed by atoms with van der Waals surface area (Å²) < 4.78 is 10.5. The topological polar surface area (TPSA) is 35.5 Å². The fourth-order valence-corrected chi connectivity index (χ4v) is 2.04. The summed E-state index contributed by atoms with van der Waals surface area (Å²) in [5.74, 6) is 1.45. The Bertz CT molecular complexity index is 588. The Balaban J connectivity index is 1.97. The van der Waals surface area contributed by atoms with Gasteiger partial charge in [-0.25, -0.2) is 0 Å². The Hall–Kier alpha value is -2.29. The maximum Gasteiger partial charge on any atom is 0.305 e. The van der Waals surface area contributed by atoms with Gasteiger partial charge in [-0.15, -0.1) is 0 Å². The molecule has 0 aliphatic carbocycles. The number of ether oxygens (including phenoxy) is 2. The van der Waals surface area contributed by atoms with Crippen molar-refractivity contribution in [2.24, 2.45) is 0 Å². The molecule has 3 nitrogen and oxygen atoms in total. The van der Waals surface area contributed by atoms with E-state index in [1.165, 1.54) is 12.7 Å². The van der Waals surface area contributed by atoms with Crippen molar-refractivity contribution in [1.29, 1.82) is 0 Å². The number of benzene rings is 2. The van der Waals surface area contributed by atoms with E-state index in [0.29, 0.717) is 12.8 Å². The van der Waals surface area contributed by atoms with Crippen LogP contribution in [-0.2, 0) is 22.4 Å². The van der Waals surface area contributed by atoms with Crippen LogP contribution in [0.3, 0.4) is 0 Å². The number of hydrogen-bond donors (Lipinski definition) is 0. The Kier molecular flexibility index (Phi) is 5.38. The Morgan fingerprint density at radius 1 is 1.00 bits per heavy atom. The van der Waals surface area contributed by atoms with E-state index in [-0.39, 0.29) is 5.97 Å². The molecule has 0 saturated heterocycles. The monoisotopic (exact) mass is 284 g/mol. The highest BCUT2D eigenvalue weighted by Crippen LogP contribution is 2.23. The number of carbonyl (C=O) groups is 1. The average molecular weight is 284 g/mol. The molecule has 0 aliphatic rings. The molecule has 0 bridgehead atoms. The first-order valence-electron chi connectivity index (χ1n) is 7.14. The van der Waals surface area contributed by atoms with Crippen molar-refractivity contribution in [3.05, 3.63) is 59.7 Å². The number of aryl methyl sites for hydroxylation is 2. The zero-order valence-corrected chi connectivity index (χ0v) is 12.5. The second-order valence-electron chi connectivity index (χ2n) is 4.82. The first-order chi connectivity index (χ1) is 10.2. The summed E-state index contributed by atoms with van der Waals surface area (Å²) in [4.78, 5) is 11.1. The van der Waals surface area contributed by atoms with E-state index >= 15 is 0 Å². The molecule has 0 amide bonds. The number of carbonyl (C=O) groups excluding carboxylic acids is 1. The van der Waals surface area contributed by atoms with Crippen LogP contribution in [0.2, 0.25) is 0 Å². The van der Waals surface area contributed by atoms with Gasteiger partial charge in [-0.1, -0.05) is 31.2 Å². The lowest BCUT2D eigenvalue weighted by atomic mass is 10.1. The third kappa shape index (κ3) is 4.63. The SMILES string of the molecule is CCc1cccc(Oc2ccc(CCC(=O)OC)cc2)c1. The van der Waals surface area contributed by atoms with Gasteiger partial charge in [0.2, 0.25) is 0 Å². The second kappa shape index (κ2) is 7.48. The molecule has 110 valence electrons. The van der Waals surface area contributed by atoms with E-state index in [1.807, 2.05) is 42.5 Å². The average Bonchev–Trinajstić information content (AvgIpc) is 2.54. The van der Waals surface area contributed by atoms with Gasteiger partial charge in [0, 0.05) is 6.42 Å². The highest BCUT2D eigenvalue weighted by Gasteiger charge is 2.03. The van der Waals surface area contributed by atoms with Crippen LogP contribution in [0.15, 0.2) is 48.5 Å². The predicted molar refractivity (Wildman–Crippen MR) is 82.7 cm³/mol. The van der Waals surface area contributed by atoms with Gasteiger partial charge in [0.1, 0.15) is 11.5 Å². The summed E-state index contributed by atoms with van der Waals surface area (Å²) in [7, 11) is 1.41. The van der Waals surface area contributed by atoms with Crippen molar-refractivity contribution in [2.75, 3.05) is 7.11 Å². The molecule has 0 fully saturated rings. The summed E-state index contributed by atoms with van der Waals surface area (Å²) in [6.07, 6.45) is 2.07. The molecule has 0 aromatic heterocycles. The summed E-state index contributed by atoms with van der Waals surface area (Å²) in [6.45, 7) is 2.12. The smallest absolute Gasteiger partial charge is 0.305 e. The molecule has 0 heterocycles. The minimum absolute atomic E-state index is 0.188. The number of rotatable bonds is 6. The normalized spacial score (nSPS) is 10.2. The third-order valence-corrected chi connectivity index (χ3v) is 3.31. The summed E-state index contributed by atoms with van der Waals surface area (Å²) in [5, 5.41) is 0. The highest BCUT2D eigenvalue weighted by molar-refractivity contribution is 5.69. The molecule has 21 heavy (non-hydrogen) atoms. The van der Waals surface area contributed by atoms with E-state index in [9.17, 15) is 4.79 Å². The molecule has 2 rings (SSSR count). The summed E-state index contributed by atoms with van der Waals surface area (Å²) in [6, 6.07) is 15.9. The molecule has 0 saturated carbocycles. The van der Waals surface area contributed by atoms with Crippen LogP contribution in [0, 0.1) is 0 Å². The molecule has 0 aliphatic heterocycles. The van der Waals surface area contributed by atoms with Crippen LogP contribution in [-0.4, -0.2) is 13.1 Å². The van der Waals surface area contributed by atoms with Crippen LogP contribution in [0.25, 0.3) is 0 Å². The van der Waals surface area contributed by atoms with E-state index < -0.39 is 0 Å². The molecule has 0 atom stereocenters. The lowest BCUT2D eigenvalue weighted by Gasteiger charge is -2.08. The van der Waals surface area contributed by atoms with Crippen LogP contribution in [0.4, 0.5) is 0 Å². The molecule has 2 aromatic carbocycles. The maximum atomic E-state index is 11.1. The van der Waals surface area contributed by atoms with E-state index in [0.717, 1.165) is 23.5 Å². The van der Waals surface area contributed by atoms with Crippen LogP contribution < -0.4 is 4.74 Å². The Morgan fingerprint density at radius 3 is 2.43 bits per heavy atom. The van der Waals surface area contributed by atoms with Gasteiger partial charge < -0.3 is 9.47 Å². The van der Waals surface area contributed by atoms with Crippen molar-refractivity contribution in [3.8, 4) is 11.5 Å². The molecule has 2 aromatic rings. The number of hydrogen-bond acceptors (Lipinski definition) is 3. The quantitative estimate of drug-likeness (QED) is 0.748. The molecular weight excluding hydrogens is 264 g/mol. The first-order valence-corrected chi connectivity index (χ1v) is 7.14. The van der Waals surface area contributed by atoms with Gasteiger partial charge in [-0.3, -0.25) is 4.79 Å². The summed E-state index contributed by atoms with van der Waals surface area (Å²) in [5.41, 5.74) is 2.34. The molecule has 0 spiro atoms. The Labute approximate surface area is 125 Å². The first kappa shape index (κ1) is 15.1. The van der Waals surface area contributed by atoms with Crippen LogP contribution in [0.1, 0.15) is 24.5 Å². The third-order valence-electron chi connectivity index (χ3n) is 3.31. The van der Waals surface area contributed by atoms with E-state index in [4.69, 9.17) is 4.74 Å². The van der Waals surface area contributed by atoms with Gasteiger partial charge in [0.25, 0.3) is 0 Å². The zero-order valence-electron chi connectivity index (χ0n) is 12.5. The van der Waals surface area contributed by atoms with Crippen molar-refractivity contribution in [1.82, 2.24) is 0 Å². The highest BCUT2D eigenvalue weighted by atomic mass is 16.5. The zero-order chi connectivity index (χ0) is 15.1. The number of methoxy groups -OCH3 is 1. The van der Waals surface area contributed by atoms with Crippen molar-refractivity contribution in [2.45, 2.75) is 26.2 Å². The fraction of sp³-hybridized carbons (Fsp3) is 0.278. The predicted octanol–water partition coefficient (Wildman–Crippen LogP) is 4.15. The fourth-order valence-electron chi connectivity index (χ4n) is 2.04. The van der Waals surface area contributed by atoms with Crippen molar-refractivity contribution >= 4 is 5.97 Å². The molecule has 0 unspecified atom stereocenters. The van der Waals surface area contributed by atoms with Gasteiger partial charge in [-0.05, 0) is 48.2 Å². The maximum absolute atomic E-state index is 11.1. The largest absolute Gasteiger partial charge is 0.469 e. The minimum Gasteiger partial charge on any atom is -0.469 e. The molecule has 0 N–H and O–H groups in total. The Morgan fingerprint density at radius 2 is 1.76 bits per heavy atom. The van der Waals surface area contributed by atoms with Gasteiger partial charge in [0.15, 0.2) is 0 Å². The van der Waals surface area contributed by atoms with Gasteiger partial charge in [0.05, 0.1) is 7.11 Å². The van der Waals surface area contributed by atoms with Crippen LogP contribution in [0.5, 0.6) is 11.5 Å². The molecule has 0 radical (unpaired) electrons. The van der Waals surface area contributed by atoms with Gasteiger partial charge in [-0.2, -0.15) is 0 Å². The van der Waals surface area contributed by atoms with Gasteiger partial charge >= 0.3 is 5.97 Å².